The Morgan fingerprint density at radius 3 is 2.24 bits per heavy atom. The quantitative estimate of drug-likeness (QED) is 0.857. The summed E-state index contributed by atoms with van der Waals surface area (Å²) in [6.45, 7) is 6.72. The van der Waals surface area contributed by atoms with Crippen LogP contribution in [0.15, 0.2) is 12.4 Å². The van der Waals surface area contributed by atoms with E-state index in [1.54, 1.807) is 0 Å². The molecule has 0 unspecified atom stereocenters. The number of anilines is 2. The highest BCUT2D eigenvalue weighted by Gasteiger charge is 2.25. The van der Waals surface area contributed by atoms with E-state index >= 15 is 0 Å². The number of carbonyl (C=O) groups is 1. The maximum absolute atomic E-state index is 11.2. The molecule has 0 aromatic carbocycles. The number of piperidine rings is 1. The summed E-state index contributed by atoms with van der Waals surface area (Å²) in [5.74, 6) is 2.31. The van der Waals surface area contributed by atoms with E-state index in [2.05, 4.69) is 34.0 Å². The van der Waals surface area contributed by atoms with Gasteiger partial charge >= 0.3 is 0 Å². The summed E-state index contributed by atoms with van der Waals surface area (Å²) < 4.78 is 0. The molecule has 3 rings (SSSR count). The van der Waals surface area contributed by atoms with Gasteiger partial charge in [-0.15, -0.1) is 0 Å². The lowest BCUT2D eigenvalue weighted by Gasteiger charge is -2.34. The van der Waals surface area contributed by atoms with Crippen molar-refractivity contribution in [1.29, 1.82) is 0 Å². The number of hydrogen-bond acceptors (Lipinski definition) is 5. The van der Waals surface area contributed by atoms with Crippen molar-refractivity contribution in [2.45, 2.75) is 58.4 Å². The number of aromatic nitrogens is 2. The molecule has 1 amide bonds. The van der Waals surface area contributed by atoms with Gasteiger partial charge in [-0.2, -0.15) is 0 Å². The topological polar surface area (TPSA) is 84.1 Å². The van der Waals surface area contributed by atoms with Crippen molar-refractivity contribution in [2.75, 3.05) is 23.3 Å². The lowest BCUT2D eigenvalue weighted by Crippen LogP contribution is -2.36. The van der Waals surface area contributed by atoms with E-state index in [4.69, 9.17) is 5.73 Å². The Hall–Kier alpha value is -1.85. The molecule has 1 aliphatic heterocycles. The summed E-state index contributed by atoms with van der Waals surface area (Å²) in [5.41, 5.74) is 6.36. The minimum Gasteiger partial charge on any atom is -0.380 e. The van der Waals surface area contributed by atoms with Gasteiger partial charge in [0.15, 0.2) is 0 Å². The van der Waals surface area contributed by atoms with Crippen LogP contribution in [0.3, 0.4) is 0 Å². The van der Waals surface area contributed by atoms with Crippen LogP contribution in [-0.4, -0.2) is 35.0 Å². The Morgan fingerprint density at radius 2 is 1.72 bits per heavy atom. The van der Waals surface area contributed by atoms with Gasteiger partial charge in [0.25, 0.3) is 0 Å². The van der Waals surface area contributed by atoms with Crippen LogP contribution in [0.5, 0.6) is 0 Å². The second kappa shape index (κ2) is 8.02. The zero-order chi connectivity index (χ0) is 17.8. The summed E-state index contributed by atoms with van der Waals surface area (Å²) in [6.07, 6.45) is 9.91. The molecular formula is C19H31N5O. The molecule has 6 nitrogen and oxygen atoms in total. The summed E-state index contributed by atoms with van der Waals surface area (Å²) in [4.78, 5) is 22.7. The third-order valence-corrected chi connectivity index (χ3v) is 5.90. The number of amides is 1. The van der Waals surface area contributed by atoms with Crippen LogP contribution in [0.2, 0.25) is 0 Å². The van der Waals surface area contributed by atoms with E-state index in [-0.39, 0.29) is 11.8 Å². The maximum atomic E-state index is 11.2. The molecule has 0 atom stereocenters. The molecule has 1 aliphatic carbocycles. The number of nitrogens with zero attached hydrogens (tertiary/aromatic N) is 3. The first-order valence-corrected chi connectivity index (χ1v) is 9.65. The Balaban J connectivity index is 1.49. The van der Waals surface area contributed by atoms with Gasteiger partial charge in [-0.05, 0) is 50.4 Å². The maximum Gasteiger partial charge on any atom is 0.225 e. The number of nitrogens with one attached hydrogen (secondary N) is 1. The fraction of sp³-hybridized carbons (Fsp3) is 0.737. The van der Waals surface area contributed by atoms with Gasteiger partial charge in [-0.25, -0.2) is 9.97 Å². The van der Waals surface area contributed by atoms with Crippen molar-refractivity contribution in [3.05, 3.63) is 12.4 Å². The molecule has 1 saturated carbocycles. The zero-order valence-corrected chi connectivity index (χ0v) is 15.4. The van der Waals surface area contributed by atoms with E-state index in [1.165, 1.54) is 12.8 Å². The molecule has 1 aromatic heterocycles. The van der Waals surface area contributed by atoms with Crippen molar-refractivity contribution in [2.24, 2.45) is 23.5 Å². The smallest absolute Gasteiger partial charge is 0.225 e. The van der Waals surface area contributed by atoms with Crippen molar-refractivity contribution in [1.82, 2.24) is 9.97 Å². The molecule has 2 fully saturated rings. The number of nitrogens with two attached hydrogens (primary N) is 1. The van der Waals surface area contributed by atoms with Gasteiger partial charge < -0.3 is 16.0 Å². The molecule has 138 valence electrons. The molecular weight excluding hydrogens is 314 g/mol. The van der Waals surface area contributed by atoms with E-state index < -0.39 is 0 Å². The van der Waals surface area contributed by atoms with Crippen LogP contribution >= 0.6 is 0 Å². The Kier molecular flexibility index (Phi) is 5.76. The van der Waals surface area contributed by atoms with Gasteiger partial charge in [0, 0.05) is 25.0 Å². The fourth-order valence-corrected chi connectivity index (χ4v) is 4.08. The Labute approximate surface area is 150 Å². The second-order valence-corrected chi connectivity index (χ2v) is 7.94. The normalized spacial score (nSPS) is 25.2. The number of hydrogen-bond donors (Lipinski definition) is 2. The molecule has 1 saturated heterocycles. The predicted octanol–water partition coefficient (Wildman–Crippen LogP) is 2.81. The average Bonchev–Trinajstić information content (AvgIpc) is 2.63. The molecule has 2 heterocycles. The molecule has 25 heavy (non-hydrogen) atoms. The number of rotatable bonds is 5. The Morgan fingerprint density at radius 1 is 1.12 bits per heavy atom. The van der Waals surface area contributed by atoms with E-state index in [0.717, 1.165) is 62.2 Å². The number of carbonyl (C=O) groups excluding carboxylic acids is 1. The molecule has 2 aliphatic rings. The fourth-order valence-electron chi connectivity index (χ4n) is 4.08. The van der Waals surface area contributed by atoms with Crippen LogP contribution < -0.4 is 16.0 Å². The lowest BCUT2D eigenvalue weighted by molar-refractivity contribution is -0.122. The molecule has 3 N–H and O–H groups in total. The summed E-state index contributed by atoms with van der Waals surface area (Å²) in [5, 5.41) is 3.50. The van der Waals surface area contributed by atoms with E-state index in [1.807, 2.05) is 12.4 Å². The van der Waals surface area contributed by atoms with Crippen molar-refractivity contribution in [3.63, 3.8) is 0 Å². The van der Waals surface area contributed by atoms with Crippen LogP contribution in [0, 0.1) is 17.8 Å². The summed E-state index contributed by atoms with van der Waals surface area (Å²) >= 11 is 0. The van der Waals surface area contributed by atoms with E-state index in [0.29, 0.717) is 6.04 Å². The highest BCUT2D eigenvalue weighted by molar-refractivity contribution is 5.76. The summed E-state index contributed by atoms with van der Waals surface area (Å²) in [6, 6.07) is 0.381. The van der Waals surface area contributed by atoms with Gasteiger partial charge in [-0.3, -0.25) is 4.79 Å². The molecule has 0 spiro atoms. The molecule has 6 heteroatoms. The van der Waals surface area contributed by atoms with Gasteiger partial charge in [0.05, 0.1) is 18.1 Å². The van der Waals surface area contributed by atoms with Crippen molar-refractivity contribution < 1.29 is 4.79 Å². The monoisotopic (exact) mass is 345 g/mol. The number of primary amides is 1. The first-order valence-electron chi connectivity index (χ1n) is 9.65. The zero-order valence-electron chi connectivity index (χ0n) is 15.4. The minimum atomic E-state index is -0.160. The minimum absolute atomic E-state index is 0.0467. The van der Waals surface area contributed by atoms with Gasteiger partial charge in [0.2, 0.25) is 11.9 Å². The van der Waals surface area contributed by atoms with Gasteiger partial charge in [-0.1, -0.05) is 13.8 Å². The van der Waals surface area contributed by atoms with Crippen LogP contribution in [0.25, 0.3) is 0 Å². The van der Waals surface area contributed by atoms with Crippen LogP contribution in [0.1, 0.15) is 52.4 Å². The van der Waals surface area contributed by atoms with Crippen LogP contribution in [0.4, 0.5) is 11.6 Å². The first-order chi connectivity index (χ1) is 12.0. The van der Waals surface area contributed by atoms with E-state index in [9.17, 15) is 4.79 Å². The van der Waals surface area contributed by atoms with Crippen molar-refractivity contribution >= 4 is 17.5 Å². The second-order valence-electron chi connectivity index (χ2n) is 7.94. The molecule has 0 bridgehead atoms. The summed E-state index contributed by atoms with van der Waals surface area (Å²) in [7, 11) is 0. The highest BCUT2D eigenvalue weighted by atomic mass is 16.1. The third kappa shape index (κ3) is 4.61. The highest BCUT2D eigenvalue weighted by Crippen LogP contribution is 2.28. The average molecular weight is 345 g/mol. The molecule has 1 aromatic rings. The first kappa shape index (κ1) is 18.0. The third-order valence-electron chi connectivity index (χ3n) is 5.90. The molecule has 0 radical (unpaired) electrons. The lowest BCUT2D eigenvalue weighted by atomic mass is 9.85. The van der Waals surface area contributed by atoms with Crippen molar-refractivity contribution in [3.8, 4) is 0 Å². The Bertz CT molecular complexity index is 558. The SMILES string of the molecule is CC(C)C1CCN(c2ncc(NC3CCC(C(N)=O)CC3)cn2)CC1. The standard InChI is InChI=1S/C19H31N5O/c1-13(2)14-7-9-24(10-8-14)19-21-11-17(12-22-19)23-16-5-3-15(4-6-16)18(20)25/h11-16,23H,3-10H2,1-2H3,(H2,20,25). The largest absolute Gasteiger partial charge is 0.380 e. The van der Waals surface area contributed by atoms with Crippen LogP contribution in [-0.2, 0) is 4.79 Å². The predicted molar refractivity (Wildman–Crippen MR) is 100 cm³/mol. The van der Waals surface area contributed by atoms with Gasteiger partial charge in [0.1, 0.15) is 0 Å².